The van der Waals surface area contributed by atoms with Gasteiger partial charge in [0.25, 0.3) is 0 Å². The number of hydrogen-bond donors (Lipinski definition) is 0. The van der Waals surface area contributed by atoms with Gasteiger partial charge in [0.2, 0.25) is 0 Å². The number of Topliss-reactive ketones (excluding diaryl/α,β-unsaturated/α-hetero) is 1. The van der Waals surface area contributed by atoms with Crippen LogP contribution in [0.1, 0.15) is 96.8 Å². The molecule has 0 N–H and O–H groups in total. The molecular weight excluding hydrogens is 232 g/mol. The fraction of sp³-hybridized carbons (Fsp3) is 0.833. The summed E-state index contributed by atoms with van der Waals surface area (Å²) >= 11 is 0. The van der Waals surface area contributed by atoms with Crippen molar-refractivity contribution in [2.75, 3.05) is 0 Å². The Morgan fingerprint density at radius 1 is 1.00 bits per heavy atom. The number of allylic oxidation sites excluding steroid dienone is 2. The summed E-state index contributed by atoms with van der Waals surface area (Å²) in [7, 11) is 0. The molecule has 0 aromatic rings. The van der Waals surface area contributed by atoms with Gasteiger partial charge in [0.15, 0.2) is 0 Å². The molecule has 110 valence electrons. The van der Waals surface area contributed by atoms with Crippen molar-refractivity contribution >= 4 is 5.78 Å². The van der Waals surface area contributed by atoms with Gasteiger partial charge in [-0.3, -0.25) is 4.79 Å². The fourth-order valence-electron chi connectivity index (χ4n) is 2.86. The molecule has 0 amide bonds. The molecule has 0 aromatic heterocycles. The molecule has 0 aliphatic heterocycles. The first-order chi connectivity index (χ1) is 9.33. The summed E-state index contributed by atoms with van der Waals surface area (Å²) in [6, 6.07) is 0. The molecule has 1 rings (SSSR count). The van der Waals surface area contributed by atoms with Crippen LogP contribution < -0.4 is 0 Å². The van der Waals surface area contributed by atoms with E-state index in [0.717, 1.165) is 19.3 Å². The maximum atomic E-state index is 11.8. The lowest BCUT2D eigenvalue weighted by Gasteiger charge is -2.11. The van der Waals surface area contributed by atoms with Gasteiger partial charge in [0.1, 0.15) is 5.78 Å². The van der Waals surface area contributed by atoms with Crippen molar-refractivity contribution in [3.8, 4) is 0 Å². The highest BCUT2D eigenvalue weighted by atomic mass is 16.1. The van der Waals surface area contributed by atoms with Crippen LogP contribution in [0.4, 0.5) is 0 Å². The summed E-state index contributed by atoms with van der Waals surface area (Å²) in [5, 5.41) is 0. The predicted molar refractivity (Wildman–Crippen MR) is 83.4 cm³/mol. The quantitative estimate of drug-likeness (QED) is 0.331. The maximum Gasteiger partial charge on any atom is 0.136 e. The van der Waals surface area contributed by atoms with E-state index in [0.29, 0.717) is 5.78 Å². The molecule has 0 heterocycles. The number of hydrogen-bond acceptors (Lipinski definition) is 1. The Morgan fingerprint density at radius 3 is 2.32 bits per heavy atom. The summed E-state index contributed by atoms with van der Waals surface area (Å²) in [6.45, 7) is 2.26. The summed E-state index contributed by atoms with van der Waals surface area (Å²) in [4.78, 5) is 11.8. The molecule has 0 spiro atoms. The van der Waals surface area contributed by atoms with Crippen molar-refractivity contribution < 1.29 is 4.79 Å². The van der Waals surface area contributed by atoms with Gasteiger partial charge >= 0.3 is 0 Å². The normalized spacial score (nSPS) is 15.3. The van der Waals surface area contributed by atoms with Crippen molar-refractivity contribution in [2.45, 2.75) is 96.8 Å². The van der Waals surface area contributed by atoms with Gasteiger partial charge in [0, 0.05) is 12.8 Å². The third kappa shape index (κ3) is 9.02. The number of ketones is 1. The van der Waals surface area contributed by atoms with E-state index < -0.39 is 0 Å². The van der Waals surface area contributed by atoms with Crippen LogP contribution in [0.5, 0.6) is 0 Å². The number of carbonyl (C=O) groups excluding carboxylic acids is 1. The second-order valence-electron chi connectivity index (χ2n) is 6.05. The highest BCUT2D eigenvalue weighted by Gasteiger charge is 2.08. The maximum absolute atomic E-state index is 11.8. The molecule has 1 aliphatic carbocycles. The Balaban J connectivity index is 1.91. The van der Waals surface area contributed by atoms with Gasteiger partial charge in [-0.1, -0.05) is 63.5 Å². The zero-order chi connectivity index (χ0) is 13.8. The van der Waals surface area contributed by atoms with Crippen molar-refractivity contribution in [1.82, 2.24) is 0 Å². The molecule has 19 heavy (non-hydrogen) atoms. The Hall–Kier alpha value is -0.590. The van der Waals surface area contributed by atoms with Gasteiger partial charge in [-0.2, -0.15) is 0 Å². The van der Waals surface area contributed by atoms with Crippen LogP contribution in [-0.4, -0.2) is 5.78 Å². The van der Waals surface area contributed by atoms with Crippen molar-refractivity contribution in [1.29, 1.82) is 0 Å². The zero-order valence-corrected chi connectivity index (χ0v) is 12.9. The largest absolute Gasteiger partial charge is 0.299 e. The molecule has 0 saturated carbocycles. The average molecular weight is 264 g/mol. The minimum Gasteiger partial charge on any atom is -0.299 e. The van der Waals surface area contributed by atoms with Crippen LogP contribution in [0.3, 0.4) is 0 Å². The van der Waals surface area contributed by atoms with E-state index in [1.807, 2.05) is 0 Å². The van der Waals surface area contributed by atoms with E-state index in [9.17, 15) is 4.79 Å². The van der Waals surface area contributed by atoms with E-state index in [4.69, 9.17) is 0 Å². The Bertz CT molecular complexity index is 265. The lowest BCUT2D eigenvalue weighted by atomic mass is 9.94. The van der Waals surface area contributed by atoms with Crippen LogP contribution in [0, 0.1) is 0 Å². The third-order valence-corrected chi connectivity index (χ3v) is 4.12. The van der Waals surface area contributed by atoms with Gasteiger partial charge < -0.3 is 0 Å². The smallest absolute Gasteiger partial charge is 0.136 e. The summed E-state index contributed by atoms with van der Waals surface area (Å²) < 4.78 is 0. The lowest BCUT2D eigenvalue weighted by Crippen LogP contribution is -2.02. The molecular formula is C18H32O. The van der Waals surface area contributed by atoms with Crippen LogP contribution in [0.15, 0.2) is 11.6 Å². The first-order valence-corrected chi connectivity index (χ1v) is 8.52. The number of carbonyl (C=O) groups is 1. The Labute approximate surface area is 119 Å². The second-order valence-corrected chi connectivity index (χ2v) is 6.05. The summed E-state index contributed by atoms with van der Waals surface area (Å²) in [6.07, 6.45) is 19.3. The summed E-state index contributed by atoms with van der Waals surface area (Å²) in [5.41, 5.74) is 1.41. The minimum absolute atomic E-state index is 0.471. The molecule has 1 nitrogen and oxygen atoms in total. The number of rotatable bonds is 11. The van der Waals surface area contributed by atoms with E-state index >= 15 is 0 Å². The SMILES string of the molecule is CCCCCCCCCCC(=O)CC1=CCCCC1. The Kier molecular flexibility index (Phi) is 9.75. The molecule has 0 saturated heterocycles. The summed E-state index contributed by atoms with van der Waals surface area (Å²) in [5.74, 6) is 0.471. The zero-order valence-electron chi connectivity index (χ0n) is 12.9. The van der Waals surface area contributed by atoms with E-state index in [1.165, 1.54) is 76.2 Å². The van der Waals surface area contributed by atoms with Crippen LogP contribution in [0.25, 0.3) is 0 Å². The lowest BCUT2D eigenvalue weighted by molar-refractivity contribution is -0.118. The van der Waals surface area contributed by atoms with E-state index in [1.54, 1.807) is 0 Å². The molecule has 0 fully saturated rings. The van der Waals surface area contributed by atoms with Crippen molar-refractivity contribution in [3.05, 3.63) is 11.6 Å². The predicted octanol–water partition coefficient (Wildman–Crippen LogP) is 5.98. The molecule has 0 aromatic carbocycles. The van der Waals surface area contributed by atoms with Gasteiger partial charge in [-0.25, -0.2) is 0 Å². The second kappa shape index (κ2) is 11.3. The highest BCUT2D eigenvalue weighted by Crippen LogP contribution is 2.21. The third-order valence-electron chi connectivity index (χ3n) is 4.12. The minimum atomic E-state index is 0.471. The van der Waals surface area contributed by atoms with Gasteiger partial charge in [-0.05, 0) is 32.1 Å². The van der Waals surface area contributed by atoms with Gasteiger partial charge in [0.05, 0.1) is 0 Å². The molecule has 0 bridgehead atoms. The number of unbranched alkanes of at least 4 members (excludes halogenated alkanes) is 7. The van der Waals surface area contributed by atoms with Crippen LogP contribution in [-0.2, 0) is 4.79 Å². The Morgan fingerprint density at radius 2 is 1.68 bits per heavy atom. The first kappa shape index (κ1) is 16.5. The molecule has 1 aliphatic rings. The van der Waals surface area contributed by atoms with Crippen molar-refractivity contribution in [2.24, 2.45) is 0 Å². The fourth-order valence-corrected chi connectivity index (χ4v) is 2.86. The molecule has 1 heteroatoms. The standard InChI is InChI=1S/C18H32O/c1-2-3-4-5-6-7-8-12-15-18(19)16-17-13-10-9-11-14-17/h13H,2-12,14-16H2,1H3. The van der Waals surface area contributed by atoms with Gasteiger partial charge in [-0.15, -0.1) is 0 Å². The topological polar surface area (TPSA) is 17.1 Å². The van der Waals surface area contributed by atoms with Crippen LogP contribution in [0.2, 0.25) is 0 Å². The molecule has 0 unspecified atom stereocenters. The molecule has 0 radical (unpaired) electrons. The van der Waals surface area contributed by atoms with E-state index in [2.05, 4.69) is 13.0 Å². The molecule has 0 atom stereocenters. The van der Waals surface area contributed by atoms with E-state index in [-0.39, 0.29) is 0 Å². The first-order valence-electron chi connectivity index (χ1n) is 8.52. The van der Waals surface area contributed by atoms with Crippen molar-refractivity contribution in [3.63, 3.8) is 0 Å². The van der Waals surface area contributed by atoms with Crippen LogP contribution >= 0.6 is 0 Å². The highest BCUT2D eigenvalue weighted by molar-refractivity contribution is 5.80. The average Bonchev–Trinajstić information content (AvgIpc) is 2.43. The monoisotopic (exact) mass is 264 g/mol.